The Kier molecular flexibility index (Phi) is 6.03. The number of amides is 1. The van der Waals surface area contributed by atoms with Gasteiger partial charge in [-0.2, -0.15) is 0 Å². The molecule has 0 spiro atoms. The standard InChI is InChI=1S/C21H20N4O4/c1-13-4-9-18(28-2)17(10-13)25-19(26)15-11-22-21(23-12-15)24-16-7-5-14(6-8-16)20(27)29-3/h4-12H,1-3H3,(H,25,26)(H,22,23,24). The van der Waals surface area contributed by atoms with Crippen molar-refractivity contribution in [3.63, 3.8) is 0 Å². The highest BCUT2D eigenvalue weighted by atomic mass is 16.5. The number of benzene rings is 2. The molecule has 29 heavy (non-hydrogen) atoms. The average molecular weight is 392 g/mol. The number of aryl methyl sites for hydroxylation is 1. The fraction of sp³-hybridized carbons (Fsp3) is 0.143. The predicted octanol–water partition coefficient (Wildman–Crippen LogP) is 3.58. The van der Waals surface area contributed by atoms with Crippen molar-refractivity contribution in [2.75, 3.05) is 24.9 Å². The minimum atomic E-state index is -0.409. The van der Waals surface area contributed by atoms with Crippen LogP contribution in [0.3, 0.4) is 0 Å². The molecule has 0 unspecified atom stereocenters. The van der Waals surface area contributed by atoms with E-state index in [-0.39, 0.29) is 5.91 Å². The highest BCUT2D eigenvalue weighted by Gasteiger charge is 2.11. The van der Waals surface area contributed by atoms with E-state index in [0.29, 0.717) is 34.2 Å². The highest BCUT2D eigenvalue weighted by molar-refractivity contribution is 6.04. The van der Waals surface area contributed by atoms with Gasteiger partial charge in [0.15, 0.2) is 0 Å². The van der Waals surface area contributed by atoms with Gasteiger partial charge < -0.3 is 20.1 Å². The van der Waals surface area contributed by atoms with Crippen molar-refractivity contribution in [1.82, 2.24) is 9.97 Å². The topological polar surface area (TPSA) is 102 Å². The molecule has 0 saturated heterocycles. The quantitative estimate of drug-likeness (QED) is 0.618. The molecule has 8 heteroatoms. The number of nitrogens with one attached hydrogen (secondary N) is 2. The first kappa shape index (κ1) is 19.8. The molecule has 0 bridgehead atoms. The van der Waals surface area contributed by atoms with Crippen LogP contribution >= 0.6 is 0 Å². The molecule has 0 fully saturated rings. The summed E-state index contributed by atoms with van der Waals surface area (Å²) in [6.45, 7) is 1.93. The predicted molar refractivity (Wildman–Crippen MR) is 109 cm³/mol. The molecule has 3 rings (SSSR count). The summed E-state index contributed by atoms with van der Waals surface area (Å²) in [5, 5.41) is 5.81. The van der Waals surface area contributed by atoms with Gasteiger partial charge in [-0.15, -0.1) is 0 Å². The van der Waals surface area contributed by atoms with E-state index in [2.05, 4.69) is 25.3 Å². The van der Waals surface area contributed by atoms with Crippen LogP contribution in [0.1, 0.15) is 26.3 Å². The molecule has 1 aromatic heterocycles. The van der Waals surface area contributed by atoms with Crippen LogP contribution in [-0.2, 0) is 4.74 Å². The molecule has 148 valence electrons. The molecule has 2 aromatic carbocycles. The maximum Gasteiger partial charge on any atom is 0.337 e. The van der Waals surface area contributed by atoms with Crippen molar-refractivity contribution in [3.8, 4) is 5.75 Å². The SMILES string of the molecule is COC(=O)c1ccc(Nc2ncc(C(=O)Nc3cc(C)ccc3OC)cn2)cc1. The summed E-state index contributed by atoms with van der Waals surface area (Å²) in [4.78, 5) is 32.3. The van der Waals surface area contributed by atoms with Gasteiger partial charge >= 0.3 is 5.97 Å². The summed E-state index contributed by atoms with van der Waals surface area (Å²) in [6.07, 6.45) is 2.85. The summed E-state index contributed by atoms with van der Waals surface area (Å²) < 4.78 is 9.93. The second-order valence-corrected chi connectivity index (χ2v) is 6.15. The Morgan fingerprint density at radius 3 is 2.24 bits per heavy atom. The first-order valence-electron chi connectivity index (χ1n) is 8.73. The summed E-state index contributed by atoms with van der Waals surface area (Å²) in [5.74, 6) is 0.135. The molecular weight excluding hydrogens is 372 g/mol. The van der Waals surface area contributed by atoms with Gasteiger partial charge in [-0.3, -0.25) is 4.79 Å². The van der Waals surface area contributed by atoms with Gasteiger partial charge in [0.1, 0.15) is 5.75 Å². The summed E-state index contributed by atoms with van der Waals surface area (Å²) in [6, 6.07) is 12.2. The Morgan fingerprint density at radius 1 is 0.931 bits per heavy atom. The Labute approximate surface area is 167 Å². The molecular formula is C21H20N4O4. The lowest BCUT2D eigenvalue weighted by atomic mass is 10.2. The van der Waals surface area contributed by atoms with Gasteiger partial charge in [0.25, 0.3) is 5.91 Å². The van der Waals surface area contributed by atoms with Gasteiger partial charge in [-0.1, -0.05) is 6.07 Å². The van der Waals surface area contributed by atoms with Crippen LogP contribution in [-0.4, -0.2) is 36.1 Å². The first-order chi connectivity index (χ1) is 14.0. The lowest BCUT2D eigenvalue weighted by molar-refractivity contribution is 0.0600. The van der Waals surface area contributed by atoms with Crippen LogP contribution in [0.15, 0.2) is 54.9 Å². The van der Waals surface area contributed by atoms with Gasteiger partial charge in [-0.25, -0.2) is 14.8 Å². The molecule has 3 aromatic rings. The Morgan fingerprint density at radius 2 is 1.62 bits per heavy atom. The normalized spacial score (nSPS) is 10.2. The molecule has 0 atom stereocenters. The number of hydrogen-bond donors (Lipinski definition) is 2. The number of anilines is 3. The Bertz CT molecular complexity index is 1020. The fourth-order valence-corrected chi connectivity index (χ4v) is 2.56. The molecule has 0 aliphatic rings. The van der Waals surface area contributed by atoms with Crippen molar-refractivity contribution in [3.05, 3.63) is 71.5 Å². The van der Waals surface area contributed by atoms with Crippen LogP contribution in [0.2, 0.25) is 0 Å². The third-order valence-electron chi connectivity index (χ3n) is 4.08. The maximum atomic E-state index is 12.5. The number of hydrogen-bond acceptors (Lipinski definition) is 7. The van der Waals surface area contributed by atoms with Crippen LogP contribution < -0.4 is 15.4 Å². The number of esters is 1. The summed E-state index contributed by atoms with van der Waals surface area (Å²) >= 11 is 0. The monoisotopic (exact) mass is 392 g/mol. The Balaban J connectivity index is 1.67. The molecule has 0 aliphatic carbocycles. The van der Waals surface area contributed by atoms with E-state index in [1.165, 1.54) is 19.5 Å². The third kappa shape index (κ3) is 4.86. The van der Waals surface area contributed by atoms with Crippen molar-refractivity contribution in [2.24, 2.45) is 0 Å². The number of rotatable bonds is 6. The zero-order valence-electron chi connectivity index (χ0n) is 16.2. The second-order valence-electron chi connectivity index (χ2n) is 6.15. The lowest BCUT2D eigenvalue weighted by Crippen LogP contribution is -2.14. The number of carbonyl (C=O) groups excluding carboxylic acids is 2. The van der Waals surface area contributed by atoms with Crippen molar-refractivity contribution in [2.45, 2.75) is 6.92 Å². The number of carbonyl (C=O) groups is 2. The van der Waals surface area contributed by atoms with E-state index in [1.54, 1.807) is 37.4 Å². The molecule has 1 amide bonds. The molecule has 0 saturated carbocycles. The van der Waals surface area contributed by atoms with Crippen LogP contribution in [0, 0.1) is 6.92 Å². The largest absolute Gasteiger partial charge is 0.495 e. The second kappa shape index (κ2) is 8.83. The minimum Gasteiger partial charge on any atom is -0.495 e. The van der Waals surface area contributed by atoms with E-state index >= 15 is 0 Å². The lowest BCUT2D eigenvalue weighted by Gasteiger charge is -2.11. The Hall–Kier alpha value is -3.94. The molecule has 8 nitrogen and oxygen atoms in total. The van der Waals surface area contributed by atoms with Crippen LogP contribution in [0.5, 0.6) is 5.75 Å². The van der Waals surface area contributed by atoms with Gasteiger partial charge in [0.2, 0.25) is 5.95 Å². The highest BCUT2D eigenvalue weighted by Crippen LogP contribution is 2.25. The van der Waals surface area contributed by atoms with E-state index in [4.69, 9.17) is 4.74 Å². The van der Waals surface area contributed by atoms with Crippen molar-refractivity contribution in [1.29, 1.82) is 0 Å². The van der Waals surface area contributed by atoms with E-state index in [9.17, 15) is 9.59 Å². The van der Waals surface area contributed by atoms with Gasteiger partial charge in [-0.05, 0) is 48.9 Å². The zero-order chi connectivity index (χ0) is 20.8. The van der Waals surface area contributed by atoms with Gasteiger partial charge in [0, 0.05) is 18.1 Å². The molecule has 0 radical (unpaired) electrons. The van der Waals surface area contributed by atoms with E-state index < -0.39 is 5.97 Å². The van der Waals surface area contributed by atoms with Crippen LogP contribution in [0.25, 0.3) is 0 Å². The van der Waals surface area contributed by atoms with Gasteiger partial charge in [0.05, 0.1) is 31.0 Å². The third-order valence-corrected chi connectivity index (χ3v) is 4.08. The maximum absolute atomic E-state index is 12.5. The molecule has 0 aliphatic heterocycles. The smallest absolute Gasteiger partial charge is 0.337 e. The fourth-order valence-electron chi connectivity index (χ4n) is 2.56. The number of aromatic nitrogens is 2. The zero-order valence-corrected chi connectivity index (χ0v) is 16.2. The van der Waals surface area contributed by atoms with E-state index in [1.807, 2.05) is 19.1 Å². The number of methoxy groups -OCH3 is 2. The summed E-state index contributed by atoms with van der Waals surface area (Å²) in [5.41, 5.74) is 3.01. The van der Waals surface area contributed by atoms with Crippen molar-refractivity contribution < 1.29 is 19.1 Å². The van der Waals surface area contributed by atoms with Crippen LogP contribution in [0.4, 0.5) is 17.3 Å². The number of ether oxygens (including phenoxy) is 2. The molecule has 2 N–H and O–H groups in total. The average Bonchev–Trinajstić information content (AvgIpc) is 2.74. The van der Waals surface area contributed by atoms with Crippen molar-refractivity contribution >= 4 is 29.2 Å². The first-order valence-corrected chi connectivity index (χ1v) is 8.73. The van der Waals surface area contributed by atoms with E-state index in [0.717, 1.165) is 5.56 Å². The minimum absolute atomic E-state index is 0.306. The number of nitrogens with zero attached hydrogens (tertiary/aromatic N) is 2. The molecule has 1 heterocycles. The summed E-state index contributed by atoms with van der Waals surface area (Å²) in [7, 11) is 2.87.